The number of nitrogens with zero attached hydrogens (tertiary/aromatic N) is 2. The van der Waals surface area contributed by atoms with E-state index in [9.17, 15) is 18.0 Å². The van der Waals surface area contributed by atoms with Gasteiger partial charge in [-0.2, -0.15) is 0 Å². The Morgan fingerprint density at radius 3 is 2.16 bits per heavy atom. The van der Waals surface area contributed by atoms with E-state index in [1.165, 1.54) is 37.3 Å². The highest BCUT2D eigenvalue weighted by atomic mass is 35.5. The molecule has 0 aromatic heterocycles. The molecule has 0 bridgehead atoms. The number of benzene rings is 3. The first kappa shape index (κ1) is 35.8. The quantitative estimate of drug-likeness (QED) is 0.216. The van der Waals surface area contributed by atoms with Crippen molar-refractivity contribution in [3.63, 3.8) is 0 Å². The molecule has 13 heteroatoms. The molecule has 244 valence electrons. The molecule has 0 spiro atoms. The number of nitrogens with one attached hydrogen (secondary N) is 1. The van der Waals surface area contributed by atoms with Crippen LogP contribution in [0.15, 0.2) is 65.6 Å². The van der Waals surface area contributed by atoms with Crippen molar-refractivity contribution in [3.8, 4) is 17.2 Å². The summed E-state index contributed by atoms with van der Waals surface area (Å²) in [6.45, 7) is 7.45. The molecule has 3 aromatic carbocycles. The fraction of sp³-hybridized carbons (Fsp3) is 0.375. The first-order valence-corrected chi connectivity index (χ1v) is 16.5. The maximum atomic E-state index is 14.2. The minimum atomic E-state index is -4.35. The monoisotopic (exact) mass is 679 g/mol. The molecule has 0 radical (unpaired) electrons. The number of carbonyl (C=O) groups is 2. The third-order valence-corrected chi connectivity index (χ3v) is 9.22. The zero-order chi connectivity index (χ0) is 33.3. The number of hydrogen-bond acceptors (Lipinski definition) is 7. The molecule has 0 aliphatic heterocycles. The minimum Gasteiger partial charge on any atom is -0.494 e. The SMILES string of the molecule is CCOc1ccc(N(CC(=O)N(Cc2ccc(Cl)cc2Cl)C(C)C(=O)NCC(C)C)S(=O)(=O)c2ccc(OC)c(OC)c2)cc1. The molecule has 0 saturated heterocycles. The molecule has 3 rings (SSSR count). The second-order valence-corrected chi connectivity index (χ2v) is 13.2. The van der Waals surface area contributed by atoms with Crippen molar-refractivity contribution in [1.82, 2.24) is 10.2 Å². The van der Waals surface area contributed by atoms with Gasteiger partial charge in [0, 0.05) is 29.2 Å². The lowest BCUT2D eigenvalue weighted by Gasteiger charge is -2.32. The van der Waals surface area contributed by atoms with Crippen LogP contribution in [-0.2, 0) is 26.2 Å². The predicted octanol–water partition coefficient (Wildman–Crippen LogP) is 5.79. The van der Waals surface area contributed by atoms with Gasteiger partial charge in [0.05, 0.1) is 31.4 Å². The Balaban J connectivity index is 2.09. The second kappa shape index (κ2) is 16.1. The van der Waals surface area contributed by atoms with Gasteiger partial charge in [-0.05, 0) is 73.9 Å². The van der Waals surface area contributed by atoms with Crippen molar-refractivity contribution in [1.29, 1.82) is 0 Å². The summed E-state index contributed by atoms with van der Waals surface area (Å²) >= 11 is 12.5. The Kier molecular flexibility index (Phi) is 12.8. The molecular formula is C32H39Cl2N3O7S. The molecule has 45 heavy (non-hydrogen) atoms. The average Bonchev–Trinajstić information content (AvgIpc) is 3.01. The number of halogens is 2. The minimum absolute atomic E-state index is 0.0708. The van der Waals surface area contributed by atoms with Crippen LogP contribution in [0.25, 0.3) is 0 Å². The predicted molar refractivity (Wildman–Crippen MR) is 176 cm³/mol. The Morgan fingerprint density at radius 1 is 0.911 bits per heavy atom. The molecule has 1 unspecified atom stereocenters. The lowest BCUT2D eigenvalue weighted by atomic mass is 10.1. The summed E-state index contributed by atoms with van der Waals surface area (Å²) < 4.78 is 45.6. The highest BCUT2D eigenvalue weighted by Gasteiger charge is 2.33. The van der Waals surface area contributed by atoms with E-state index in [2.05, 4.69) is 5.32 Å². The first-order chi connectivity index (χ1) is 21.3. The average molecular weight is 681 g/mol. The van der Waals surface area contributed by atoms with Crippen molar-refractivity contribution in [2.24, 2.45) is 5.92 Å². The van der Waals surface area contributed by atoms with Crippen LogP contribution >= 0.6 is 23.2 Å². The molecule has 2 amide bonds. The number of hydrogen-bond donors (Lipinski definition) is 1. The van der Waals surface area contributed by atoms with Gasteiger partial charge in [-0.1, -0.05) is 43.1 Å². The van der Waals surface area contributed by atoms with E-state index in [1.807, 2.05) is 20.8 Å². The normalized spacial score (nSPS) is 11.9. The van der Waals surface area contributed by atoms with E-state index >= 15 is 0 Å². The molecule has 0 fully saturated rings. The van der Waals surface area contributed by atoms with Crippen molar-refractivity contribution < 1.29 is 32.2 Å². The molecule has 1 N–H and O–H groups in total. The van der Waals surface area contributed by atoms with Crippen LogP contribution in [0, 0.1) is 5.92 Å². The number of methoxy groups -OCH3 is 2. The van der Waals surface area contributed by atoms with Gasteiger partial charge in [0.2, 0.25) is 11.8 Å². The van der Waals surface area contributed by atoms with Crippen LogP contribution in [0.3, 0.4) is 0 Å². The standard InChI is InChI=1S/C32H39Cl2N3O7S/c1-7-44-26-12-10-25(11-13-26)37(45(40,41)27-14-15-29(42-5)30(17-27)43-6)20-31(38)36(22(4)32(39)35-18-21(2)3)19-23-8-9-24(33)16-28(23)34/h8-17,21-22H,7,18-20H2,1-6H3,(H,35,39). The fourth-order valence-corrected chi connectivity index (χ4v) is 6.28. The van der Waals surface area contributed by atoms with Gasteiger partial charge in [0.1, 0.15) is 18.3 Å². The number of sulfonamides is 1. The summed E-state index contributed by atoms with van der Waals surface area (Å²) in [5.74, 6) is 0.227. The Labute approximate surface area is 275 Å². The second-order valence-electron chi connectivity index (χ2n) is 10.5. The smallest absolute Gasteiger partial charge is 0.264 e. The van der Waals surface area contributed by atoms with Gasteiger partial charge >= 0.3 is 0 Å². The fourth-order valence-electron chi connectivity index (χ4n) is 4.38. The van der Waals surface area contributed by atoms with Crippen LogP contribution in [0.2, 0.25) is 10.0 Å². The molecular weight excluding hydrogens is 641 g/mol. The summed E-state index contributed by atoms with van der Waals surface area (Å²) in [5.41, 5.74) is 0.747. The van der Waals surface area contributed by atoms with Crippen molar-refractivity contribution in [3.05, 3.63) is 76.3 Å². The van der Waals surface area contributed by atoms with Crippen molar-refractivity contribution in [2.45, 2.75) is 45.2 Å². The summed E-state index contributed by atoms with van der Waals surface area (Å²) in [4.78, 5) is 28.5. The molecule has 0 saturated carbocycles. The Morgan fingerprint density at radius 2 is 1.58 bits per heavy atom. The maximum absolute atomic E-state index is 14.2. The molecule has 1 atom stereocenters. The van der Waals surface area contributed by atoms with E-state index < -0.39 is 34.4 Å². The number of carbonyl (C=O) groups excluding carboxylic acids is 2. The van der Waals surface area contributed by atoms with E-state index in [0.717, 1.165) is 4.31 Å². The van der Waals surface area contributed by atoms with E-state index in [1.54, 1.807) is 49.4 Å². The molecule has 10 nitrogen and oxygen atoms in total. The Bertz CT molecular complexity index is 1580. The highest BCUT2D eigenvalue weighted by Crippen LogP contribution is 2.33. The van der Waals surface area contributed by atoms with Gasteiger partial charge in [0.25, 0.3) is 10.0 Å². The summed E-state index contributed by atoms with van der Waals surface area (Å²) in [6, 6.07) is 14.4. The summed E-state index contributed by atoms with van der Waals surface area (Å²) in [7, 11) is -1.52. The van der Waals surface area contributed by atoms with Crippen LogP contribution in [-0.4, -0.2) is 65.1 Å². The van der Waals surface area contributed by atoms with Crippen molar-refractivity contribution >= 4 is 50.7 Å². The number of ether oxygens (including phenoxy) is 3. The Hall–Kier alpha value is -3.67. The lowest BCUT2D eigenvalue weighted by molar-refractivity contribution is -0.139. The lowest BCUT2D eigenvalue weighted by Crippen LogP contribution is -2.51. The van der Waals surface area contributed by atoms with E-state index in [4.69, 9.17) is 37.4 Å². The first-order valence-electron chi connectivity index (χ1n) is 14.3. The number of rotatable bonds is 15. The largest absolute Gasteiger partial charge is 0.494 e. The summed E-state index contributed by atoms with van der Waals surface area (Å²) in [6.07, 6.45) is 0. The molecule has 0 aliphatic carbocycles. The van der Waals surface area contributed by atoms with Gasteiger partial charge in [-0.25, -0.2) is 8.42 Å². The van der Waals surface area contributed by atoms with Crippen molar-refractivity contribution in [2.75, 3.05) is 38.2 Å². The van der Waals surface area contributed by atoms with Crippen LogP contribution in [0.5, 0.6) is 17.2 Å². The van der Waals surface area contributed by atoms with Crippen LogP contribution in [0.1, 0.15) is 33.3 Å². The van der Waals surface area contributed by atoms with Gasteiger partial charge in [-0.3, -0.25) is 13.9 Å². The van der Waals surface area contributed by atoms with E-state index in [0.29, 0.717) is 40.3 Å². The number of amides is 2. The maximum Gasteiger partial charge on any atom is 0.264 e. The third kappa shape index (κ3) is 9.18. The van der Waals surface area contributed by atoms with Gasteiger partial charge in [0.15, 0.2) is 11.5 Å². The zero-order valence-electron chi connectivity index (χ0n) is 26.2. The topological polar surface area (TPSA) is 114 Å². The summed E-state index contributed by atoms with van der Waals surface area (Å²) in [5, 5.41) is 3.56. The molecule has 3 aromatic rings. The highest BCUT2D eigenvalue weighted by molar-refractivity contribution is 7.92. The third-order valence-electron chi connectivity index (χ3n) is 6.87. The van der Waals surface area contributed by atoms with Crippen LogP contribution in [0.4, 0.5) is 5.69 Å². The number of anilines is 1. The van der Waals surface area contributed by atoms with Gasteiger partial charge in [-0.15, -0.1) is 0 Å². The van der Waals surface area contributed by atoms with Gasteiger partial charge < -0.3 is 24.4 Å². The molecule has 0 aliphatic rings. The van der Waals surface area contributed by atoms with E-state index in [-0.39, 0.29) is 28.8 Å². The zero-order valence-corrected chi connectivity index (χ0v) is 28.5. The molecule has 0 heterocycles. The van der Waals surface area contributed by atoms with Crippen LogP contribution < -0.4 is 23.8 Å².